The topological polar surface area (TPSA) is 119 Å². The third-order valence-corrected chi connectivity index (χ3v) is 1.57. The van der Waals surface area contributed by atoms with Crippen LogP contribution in [-0.2, 0) is 28.5 Å². The SMILES string of the molecule is N#CCC(=O)OC1(OC(=O)CC#N)OCCO1. The predicted octanol–water partition coefficient (Wildman–Crippen LogP) is -0.442. The van der Waals surface area contributed by atoms with E-state index in [4.69, 9.17) is 20.0 Å². The zero-order chi connectivity index (χ0) is 12.7. The maximum atomic E-state index is 11.1. The molecule has 0 amide bonds. The van der Waals surface area contributed by atoms with Crippen molar-refractivity contribution in [2.45, 2.75) is 19.0 Å². The van der Waals surface area contributed by atoms with E-state index in [1.54, 1.807) is 12.1 Å². The van der Waals surface area contributed by atoms with Gasteiger partial charge >= 0.3 is 18.1 Å². The van der Waals surface area contributed by atoms with Crippen LogP contribution in [0.4, 0.5) is 0 Å². The highest BCUT2D eigenvalue weighted by Crippen LogP contribution is 2.23. The molecule has 17 heavy (non-hydrogen) atoms. The van der Waals surface area contributed by atoms with Crippen molar-refractivity contribution >= 4 is 11.9 Å². The van der Waals surface area contributed by atoms with Crippen LogP contribution < -0.4 is 0 Å². The maximum Gasteiger partial charge on any atom is 0.514 e. The number of ether oxygens (including phenoxy) is 4. The molecule has 0 N–H and O–H groups in total. The molecule has 8 heteroatoms. The maximum absolute atomic E-state index is 11.1. The van der Waals surface area contributed by atoms with E-state index in [9.17, 15) is 9.59 Å². The lowest BCUT2D eigenvalue weighted by Gasteiger charge is -2.23. The second kappa shape index (κ2) is 5.80. The minimum Gasteiger partial charge on any atom is -0.373 e. The first-order chi connectivity index (χ1) is 8.12. The zero-order valence-corrected chi connectivity index (χ0v) is 8.67. The van der Waals surface area contributed by atoms with Gasteiger partial charge in [-0.25, -0.2) is 0 Å². The molecule has 1 saturated heterocycles. The summed E-state index contributed by atoms with van der Waals surface area (Å²) in [5.74, 6) is -1.92. The molecule has 0 bridgehead atoms. The zero-order valence-electron chi connectivity index (χ0n) is 8.67. The summed E-state index contributed by atoms with van der Waals surface area (Å²) >= 11 is 0. The Morgan fingerprint density at radius 2 is 1.47 bits per heavy atom. The highest BCUT2D eigenvalue weighted by Gasteiger charge is 2.46. The van der Waals surface area contributed by atoms with Gasteiger partial charge in [0.25, 0.3) is 0 Å². The Hall–Kier alpha value is -2.16. The van der Waals surface area contributed by atoms with E-state index in [0.29, 0.717) is 0 Å². The van der Waals surface area contributed by atoms with Crippen LogP contribution in [0.3, 0.4) is 0 Å². The minimum atomic E-state index is -2.26. The molecule has 0 saturated carbocycles. The molecule has 1 rings (SSSR count). The largest absolute Gasteiger partial charge is 0.514 e. The number of hydrogen-bond donors (Lipinski definition) is 0. The summed E-state index contributed by atoms with van der Waals surface area (Å²) in [5, 5.41) is 16.6. The van der Waals surface area contributed by atoms with Gasteiger partial charge < -0.3 is 9.47 Å². The van der Waals surface area contributed by atoms with Gasteiger partial charge in [0, 0.05) is 0 Å². The second-order valence-electron chi connectivity index (χ2n) is 2.81. The van der Waals surface area contributed by atoms with Crippen molar-refractivity contribution in [3.8, 4) is 12.1 Å². The van der Waals surface area contributed by atoms with Crippen molar-refractivity contribution in [2.24, 2.45) is 0 Å². The Morgan fingerprint density at radius 1 is 1.06 bits per heavy atom. The van der Waals surface area contributed by atoms with Crippen molar-refractivity contribution in [2.75, 3.05) is 13.2 Å². The number of carbonyl (C=O) groups excluding carboxylic acids is 2. The lowest BCUT2D eigenvalue weighted by molar-refractivity contribution is -0.427. The van der Waals surface area contributed by atoms with Gasteiger partial charge in [-0.15, -0.1) is 0 Å². The average molecular weight is 240 g/mol. The first-order valence-corrected chi connectivity index (χ1v) is 4.57. The monoisotopic (exact) mass is 240 g/mol. The molecular weight excluding hydrogens is 232 g/mol. The van der Waals surface area contributed by atoms with Gasteiger partial charge in [-0.1, -0.05) is 0 Å². The molecule has 0 unspecified atom stereocenters. The highest BCUT2D eigenvalue weighted by atomic mass is 17.0. The van der Waals surface area contributed by atoms with E-state index in [1.165, 1.54) is 0 Å². The van der Waals surface area contributed by atoms with E-state index in [0.717, 1.165) is 0 Å². The number of carbonyl (C=O) groups is 2. The van der Waals surface area contributed by atoms with Crippen LogP contribution in [0.25, 0.3) is 0 Å². The number of nitrogens with zero attached hydrogens (tertiary/aromatic N) is 2. The van der Waals surface area contributed by atoms with Crippen molar-refractivity contribution in [1.82, 2.24) is 0 Å². The van der Waals surface area contributed by atoms with E-state index in [1.807, 2.05) is 0 Å². The smallest absolute Gasteiger partial charge is 0.373 e. The molecular formula is C9H8N2O6. The fourth-order valence-electron chi connectivity index (χ4n) is 0.994. The molecule has 0 radical (unpaired) electrons. The molecule has 1 heterocycles. The van der Waals surface area contributed by atoms with Crippen LogP contribution in [0.15, 0.2) is 0 Å². The van der Waals surface area contributed by atoms with Crippen molar-refractivity contribution in [3.63, 3.8) is 0 Å². The Labute approximate surface area is 96.2 Å². The molecule has 90 valence electrons. The van der Waals surface area contributed by atoms with Gasteiger partial charge in [0.2, 0.25) is 0 Å². The van der Waals surface area contributed by atoms with Crippen molar-refractivity contribution < 1.29 is 28.5 Å². The first kappa shape index (κ1) is 12.9. The van der Waals surface area contributed by atoms with Gasteiger partial charge in [0.05, 0.1) is 25.4 Å². The molecule has 0 aromatic carbocycles. The van der Waals surface area contributed by atoms with Gasteiger partial charge in [0.15, 0.2) is 0 Å². The van der Waals surface area contributed by atoms with Gasteiger partial charge in [-0.3, -0.25) is 19.1 Å². The van der Waals surface area contributed by atoms with Gasteiger partial charge in [0.1, 0.15) is 12.8 Å². The van der Waals surface area contributed by atoms with E-state index >= 15 is 0 Å². The van der Waals surface area contributed by atoms with E-state index < -0.39 is 30.9 Å². The summed E-state index contributed by atoms with van der Waals surface area (Å²) in [4.78, 5) is 22.2. The second-order valence-corrected chi connectivity index (χ2v) is 2.81. The molecule has 0 spiro atoms. The summed E-state index contributed by atoms with van der Waals surface area (Å²) in [7, 11) is 0. The van der Waals surface area contributed by atoms with E-state index in [2.05, 4.69) is 9.47 Å². The number of esters is 2. The Bertz CT molecular complexity index is 355. The van der Waals surface area contributed by atoms with E-state index in [-0.39, 0.29) is 13.2 Å². The predicted molar refractivity (Wildman–Crippen MR) is 47.3 cm³/mol. The molecule has 0 atom stereocenters. The van der Waals surface area contributed by atoms with Crippen LogP contribution in [0, 0.1) is 22.7 Å². The molecule has 0 aromatic heterocycles. The lowest BCUT2D eigenvalue weighted by Crippen LogP contribution is -2.41. The summed E-state index contributed by atoms with van der Waals surface area (Å²) in [6, 6.07) is 3.12. The van der Waals surface area contributed by atoms with Crippen LogP contribution >= 0.6 is 0 Å². The third kappa shape index (κ3) is 3.72. The molecule has 8 nitrogen and oxygen atoms in total. The summed E-state index contributed by atoms with van der Waals surface area (Å²) in [5.41, 5.74) is 0. The average Bonchev–Trinajstić information content (AvgIpc) is 2.66. The molecule has 1 fully saturated rings. The molecule has 0 aliphatic carbocycles. The van der Waals surface area contributed by atoms with Gasteiger partial charge in [-0.2, -0.15) is 10.5 Å². The summed E-state index contributed by atoms with van der Waals surface area (Å²) in [6.45, 7) is 0.110. The Balaban J connectivity index is 2.63. The Morgan fingerprint density at radius 3 is 1.82 bits per heavy atom. The summed E-state index contributed by atoms with van der Waals surface area (Å²) < 4.78 is 18.9. The van der Waals surface area contributed by atoms with Gasteiger partial charge in [-0.05, 0) is 0 Å². The summed E-state index contributed by atoms with van der Waals surface area (Å²) in [6.07, 6.45) is -3.34. The molecule has 0 aromatic rings. The van der Waals surface area contributed by atoms with Crippen molar-refractivity contribution in [1.29, 1.82) is 10.5 Å². The van der Waals surface area contributed by atoms with Crippen LogP contribution in [0.1, 0.15) is 12.8 Å². The lowest BCUT2D eigenvalue weighted by atomic mass is 10.5. The molecule has 1 aliphatic heterocycles. The molecule has 1 aliphatic rings. The standard InChI is InChI=1S/C9H8N2O6/c10-3-1-7(12)16-9(14-5-6-15-9)17-8(13)2-4-11/h1-2,5-6H2. The fourth-order valence-corrected chi connectivity index (χ4v) is 0.994. The normalized spacial score (nSPS) is 16.6. The number of rotatable bonds is 4. The van der Waals surface area contributed by atoms with Crippen molar-refractivity contribution in [3.05, 3.63) is 0 Å². The van der Waals surface area contributed by atoms with Crippen LogP contribution in [0.2, 0.25) is 0 Å². The Kier molecular flexibility index (Phi) is 4.40. The fraction of sp³-hybridized carbons (Fsp3) is 0.556. The van der Waals surface area contributed by atoms with Crippen LogP contribution in [-0.4, -0.2) is 31.3 Å². The quantitative estimate of drug-likeness (QED) is 0.479. The number of hydrogen-bond acceptors (Lipinski definition) is 8. The minimum absolute atomic E-state index is 0.0552. The first-order valence-electron chi connectivity index (χ1n) is 4.57. The van der Waals surface area contributed by atoms with Crippen LogP contribution in [0.5, 0.6) is 0 Å². The number of nitriles is 2. The highest BCUT2D eigenvalue weighted by molar-refractivity contribution is 5.74. The third-order valence-electron chi connectivity index (χ3n) is 1.57.